The molecule has 9 nitrogen and oxygen atoms in total. The quantitative estimate of drug-likeness (QED) is 0.589. The number of hydrogen-bond donors (Lipinski definition) is 3. The third kappa shape index (κ3) is 2.56. The number of nitrogens with zero attached hydrogens (tertiary/aromatic N) is 5. The standard InChI is InChI=1S/C16H21BN6O3/c1-8(2)23-16-10(15(18)19-7-20-16)12(21-23)13-11(17(24)25)14(26-22-13)9-5-3-4-6-9/h7-9,24-25H,3-6H2,1-2H3,(H2,18,19,20). The van der Waals surface area contributed by atoms with E-state index in [1.807, 2.05) is 13.8 Å². The molecule has 3 heterocycles. The molecule has 0 aliphatic heterocycles. The summed E-state index contributed by atoms with van der Waals surface area (Å²) >= 11 is 0. The average Bonchev–Trinajstić information content (AvgIpc) is 3.31. The molecule has 3 aromatic rings. The molecule has 4 N–H and O–H groups in total. The number of fused-ring (bicyclic) bond motifs is 1. The lowest BCUT2D eigenvalue weighted by molar-refractivity contribution is 0.361. The predicted octanol–water partition coefficient (Wildman–Crippen LogP) is 0.982. The van der Waals surface area contributed by atoms with E-state index in [0.29, 0.717) is 22.5 Å². The molecule has 0 amide bonds. The highest BCUT2D eigenvalue weighted by Gasteiger charge is 2.35. The molecule has 3 aromatic heterocycles. The highest BCUT2D eigenvalue weighted by Crippen LogP contribution is 2.36. The first-order chi connectivity index (χ1) is 12.5. The van der Waals surface area contributed by atoms with Gasteiger partial charge in [0, 0.05) is 12.0 Å². The fourth-order valence-corrected chi connectivity index (χ4v) is 3.73. The van der Waals surface area contributed by atoms with E-state index in [-0.39, 0.29) is 28.9 Å². The summed E-state index contributed by atoms with van der Waals surface area (Å²) in [4.78, 5) is 8.35. The Balaban J connectivity index is 1.96. The summed E-state index contributed by atoms with van der Waals surface area (Å²) in [5.41, 5.74) is 7.60. The zero-order chi connectivity index (χ0) is 18.4. The van der Waals surface area contributed by atoms with Crippen molar-refractivity contribution >= 4 is 29.4 Å². The highest BCUT2D eigenvalue weighted by atomic mass is 16.5. The van der Waals surface area contributed by atoms with Gasteiger partial charge in [-0.2, -0.15) is 5.10 Å². The molecule has 10 heteroatoms. The maximum atomic E-state index is 10.0. The second-order valence-corrected chi connectivity index (χ2v) is 7.01. The van der Waals surface area contributed by atoms with E-state index in [2.05, 4.69) is 20.2 Å². The SMILES string of the molecule is CC(C)n1nc(-c2noc(C3CCCC3)c2B(O)O)c2c(N)ncnc21. The van der Waals surface area contributed by atoms with Crippen molar-refractivity contribution < 1.29 is 14.6 Å². The zero-order valence-electron chi connectivity index (χ0n) is 14.8. The molecule has 0 radical (unpaired) electrons. The van der Waals surface area contributed by atoms with Gasteiger partial charge >= 0.3 is 7.12 Å². The van der Waals surface area contributed by atoms with Crippen molar-refractivity contribution in [1.82, 2.24) is 24.9 Å². The summed E-state index contributed by atoms with van der Waals surface area (Å²) < 4.78 is 7.28. The summed E-state index contributed by atoms with van der Waals surface area (Å²) in [5.74, 6) is 0.927. The Bertz CT molecular complexity index is 945. The Morgan fingerprint density at radius 1 is 1.23 bits per heavy atom. The molecule has 1 fully saturated rings. The van der Waals surface area contributed by atoms with E-state index in [4.69, 9.17) is 10.3 Å². The van der Waals surface area contributed by atoms with Crippen molar-refractivity contribution in [2.45, 2.75) is 51.5 Å². The van der Waals surface area contributed by atoms with Gasteiger partial charge in [-0.3, -0.25) is 0 Å². The fraction of sp³-hybridized carbons (Fsp3) is 0.500. The van der Waals surface area contributed by atoms with Gasteiger partial charge in [-0.1, -0.05) is 18.0 Å². The molecule has 1 aliphatic rings. The Labute approximate surface area is 150 Å². The first-order valence-electron chi connectivity index (χ1n) is 8.83. The molecule has 0 bridgehead atoms. The summed E-state index contributed by atoms with van der Waals surface area (Å²) in [7, 11) is -1.71. The average molecular weight is 356 g/mol. The van der Waals surface area contributed by atoms with Crippen LogP contribution in [0, 0.1) is 0 Å². The van der Waals surface area contributed by atoms with Crippen LogP contribution in [0.5, 0.6) is 0 Å². The van der Waals surface area contributed by atoms with Crippen LogP contribution in [-0.4, -0.2) is 42.1 Å². The van der Waals surface area contributed by atoms with Crippen molar-refractivity contribution in [1.29, 1.82) is 0 Å². The third-order valence-corrected chi connectivity index (χ3v) is 4.97. The molecule has 0 aromatic carbocycles. The lowest BCUT2D eigenvalue weighted by Gasteiger charge is -2.07. The highest BCUT2D eigenvalue weighted by molar-refractivity contribution is 6.61. The van der Waals surface area contributed by atoms with Crippen LogP contribution >= 0.6 is 0 Å². The number of rotatable bonds is 4. The van der Waals surface area contributed by atoms with Gasteiger partial charge in [-0.25, -0.2) is 14.6 Å². The maximum Gasteiger partial charge on any atom is 0.494 e. The first kappa shape index (κ1) is 17.0. The topological polar surface area (TPSA) is 136 Å². The van der Waals surface area contributed by atoms with E-state index >= 15 is 0 Å². The Hall–Kier alpha value is -2.46. The molecule has 1 aliphatic carbocycles. The molecule has 4 rings (SSSR count). The largest absolute Gasteiger partial charge is 0.494 e. The van der Waals surface area contributed by atoms with Crippen LogP contribution in [0.15, 0.2) is 10.9 Å². The molecule has 0 atom stereocenters. The normalized spacial score (nSPS) is 15.4. The first-order valence-corrected chi connectivity index (χ1v) is 8.83. The second kappa shape index (κ2) is 6.37. The number of anilines is 1. The number of nitrogens with two attached hydrogens (primary N) is 1. The monoisotopic (exact) mass is 356 g/mol. The summed E-state index contributed by atoms with van der Waals surface area (Å²) in [6.07, 6.45) is 5.46. The molecule has 26 heavy (non-hydrogen) atoms. The van der Waals surface area contributed by atoms with Gasteiger partial charge in [-0.15, -0.1) is 0 Å². The van der Waals surface area contributed by atoms with Crippen LogP contribution in [0.25, 0.3) is 22.4 Å². The second-order valence-electron chi connectivity index (χ2n) is 7.01. The van der Waals surface area contributed by atoms with E-state index in [9.17, 15) is 10.0 Å². The van der Waals surface area contributed by atoms with E-state index < -0.39 is 7.12 Å². The van der Waals surface area contributed by atoms with Gasteiger partial charge in [0.05, 0.1) is 10.8 Å². The van der Waals surface area contributed by atoms with Crippen molar-refractivity contribution in [3.8, 4) is 11.4 Å². The molecule has 136 valence electrons. The third-order valence-electron chi connectivity index (χ3n) is 4.97. The van der Waals surface area contributed by atoms with E-state index in [0.717, 1.165) is 25.7 Å². The van der Waals surface area contributed by atoms with Crippen LogP contribution < -0.4 is 11.2 Å². The number of hydrogen-bond acceptors (Lipinski definition) is 8. The van der Waals surface area contributed by atoms with Crippen LogP contribution in [0.3, 0.4) is 0 Å². The van der Waals surface area contributed by atoms with Crippen LogP contribution in [0.2, 0.25) is 0 Å². The minimum atomic E-state index is -1.71. The van der Waals surface area contributed by atoms with Crippen molar-refractivity contribution in [2.24, 2.45) is 0 Å². The number of aromatic nitrogens is 5. The van der Waals surface area contributed by atoms with E-state index in [1.54, 1.807) is 4.68 Å². The summed E-state index contributed by atoms with van der Waals surface area (Å²) in [6, 6.07) is 0.0317. The van der Waals surface area contributed by atoms with Crippen LogP contribution in [-0.2, 0) is 0 Å². The Kier molecular flexibility index (Phi) is 4.16. The lowest BCUT2D eigenvalue weighted by Crippen LogP contribution is -2.34. The van der Waals surface area contributed by atoms with Crippen LogP contribution in [0.1, 0.15) is 57.3 Å². The minimum Gasteiger partial charge on any atom is -0.423 e. The zero-order valence-corrected chi connectivity index (χ0v) is 14.8. The number of nitrogen functional groups attached to an aromatic ring is 1. The fourth-order valence-electron chi connectivity index (χ4n) is 3.73. The molecular weight excluding hydrogens is 335 g/mol. The van der Waals surface area contributed by atoms with Gasteiger partial charge in [-0.05, 0) is 26.7 Å². The summed E-state index contributed by atoms with van der Waals surface area (Å²) in [6.45, 7) is 3.95. The summed E-state index contributed by atoms with van der Waals surface area (Å²) in [5, 5.41) is 29.3. The lowest BCUT2D eigenvalue weighted by atomic mass is 9.75. The van der Waals surface area contributed by atoms with Crippen molar-refractivity contribution in [3.63, 3.8) is 0 Å². The molecular formula is C16H21BN6O3. The smallest absolute Gasteiger partial charge is 0.423 e. The van der Waals surface area contributed by atoms with Gasteiger partial charge in [0.2, 0.25) is 0 Å². The maximum absolute atomic E-state index is 10.0. The van der Waals surface area contributed by atoms with Crippen LogP contribution in [0.4, 0.5) is 5.82 Å². The molecule has 0 unspecified atom stereocenters. The molecule has 0 spiro atoms. The Morgan fingerprint density at radius 3 is 2.62 bits per heavy atom. The van der Waals surface area contributed by atoms with Gasteiger partial charge in [0.15, 0.2) is 5.65 Å². The predicted molar refractivity (Wildman–Crippen MR) is 96.7 cm³/mol. The molecule has 0 saturated heterocycles. The van der Waals surface area contributed by atoms with Gasteiger partial charge in [0.1, 0.15) is 29.3 Å². The Morgan fingerprint density at radius 2 is 1.96 bits per heavy atom. The van der Waals surface area contributed by atoms with Gasteiger partial charge < -0.3 is 20.3 Å². The molecule has 1 saturated carbocycles. The van der Waals surface area contributed by atoms with E-state index in [1.165, 1.54) is 6.33 Å². The minimum absolute atomic E-state index is 0.0317. The van der Waals surface area contributed by atoms with Gasteiger partial charge in [0.25, 0.3) is 0 Å². The van der Waals surface area contributed by atoms with Crippen molar-refractivity contribution in [3.05, 3.63) is 12.1 Å². The van der Waals surface area contributed by atoms with Crippen molar-refractivity contribution in [2.75, 3.05) is 5.73 Å².